The lowest BCUT2D eigenvalue weighted by Gasteiger charge is -2.42. The Morgan fingerprint density at radius 3 is 2.50 bits per heavy atom. The van der Waals surface area contributed by atoms with Gasteiger partial charge < -0.3 is 25.5 Å². The molecule has 1 aromatic carbocycles. The van der Waals surface area contributed by atoms with Gasteiger partial charge >= 0.3 is 0 Å². The van der Waals surface area contributed by atoms with E-state index in [-0.39, 0.29) is 0 Å². The number of hydrogen-bond acceptors (Lipinski definition) is 8. The molecule has 36 heavy (non-hydrogen) atoms. The molecular formula is C28H38N6O2. The van der Waals surface area contributed by atoms with Crippen LogP contribution in [0.15, 0.2) is 18.2 Å². The number of hydrogen-bond donors (Lipinski definition) is 3. The van der Waals surface area contributed by atoms with Crippen molar-refractivity contribution in [3.8, 4) is 0 Å². The van der Waals surface area contributed by atoms with Crippen LogP contribution in [0.3, 0.4) is 0 Å². The van der Waals surface area contributed by atoms with E-state index in [0.29, 0.717) is 24.0 Å². The predicted octanol–water partition coefficient (Wildman–Crippen LogP) is 3.91. The van der Waals surface area contributed by atoms with Crippen molar-refractivity contribution in [2.45, 2.75) is 82.5 Å². The van der Waals surface area contributed by atoms with Gasteiger partial charge in [-0.1, -0.05) is 0 Å². The van der Waals surface area contributed by atoms with Gasteiger partial charge in [-0.2, -0.15) is 0 Å². The van der Waals surface area contributed by atoms with E-state index in [0.717, 1.165) is 80.7 Å². The van der Waals surface area contributed by atoms with Crippen molar-refractivity contribution in [3.05, 3.63) is 40.7 Å². The monoisotopic (exact) mass is 490 g/mol. The van der Waals surface area contributed by atoms with Crippen molar-refractivity contribution in [2.24, 2.45) is 0 Å². The lowest BCUT2D eigenvalue weighted by Crippen LogP contribution is -2.57. The van der Waals surface area contributed by atoms with Gasteiger partial charge in [-0.25, -0.2) is 9.97 Å². The van der Waals surface area contributed by atoms with E-state index in [1.807, 2.05) is 13.8 Å². The van der Waals surface area contributed by atoms with Crippen LogP contribution in [-0.4, -0.2) is 76.2 Å². The maximum atomic E-state index is 10.4. The molecule has 2 unspecified atom stereocenters. The van der Waals surface area contributed by atoms with Gasteiger partial charge in [0.2, 0.25) is 0 Å². The van der Waals surface area contributed by atoms with E-state index in [1.54, 1.807) is 0 Å². The molecule has 4 aliphatic rings. The third-order valence-corrected chi connectivity index (χ3v) is 8.85. The van der Waals surface area contributed by atoms with Gasteiger partial charge in [0.05, 0.1) is 24.9 Å². The summed E-state index contributed by atoms with van der Waals surface area (Å²) in [5.41, 5.74) is 3.73. The highest BCUT2D eigenvalue weighted by atomic mass is 16.5. The molecule has 8 heteroatoms. The minimum atomic E-state index is -0.549. The highest BCUT2D eigenvalue weighted by Gasteiger charge is 2.47. The first-order valence-electron chi connectivity index (χ1n) is 13.4. The number of aliphatic hydroxyl groups is 1. The lowest BCUT2D eigenvalue weighted by molar-refractivity contribution is -0.0708. The molecule has 2 aromatic rings. The maximum Gasteiger partial charge on any atom is 0.136 e. The van der Waals surface area contributed by atoms with E-state index in [4.69, 9.17) is 20.1 Å². The van der Waals surface area contributed by atoms with Crippen molar-refractivity contribution in [1.29, 1.82) is 5.41 Å². The molecule has 0 radical (unpaired) electrons. The quantitative estimate of drug-likeness (QED) is 0.528. The number of nitrogens with zero attached hydrogens (tertiary/aromatic N) is 4. The second-order valence-corrected chi connectivity index (χ2v) is 11.6. The molecule has 3 aliphatic heterocycles. The van der Waals surface area contributed by atoms with E-state index < -0.39 is 5.60 Å². The number of piperazine rings is 1. The third-order valence-electron chi connectivity index (χ3n) is 8.85. The summed E-state index contributed by atoms with van der Waals surface area (Å²) in [6, 6.07) is 8.03. The number of aromatic nitrogens is 2. The summed E-state index contributed by atoms with van der Waals surface area (Å²) in [6.07, 6.45) is 6.21. The SMILES string of the molecule is Cc1nc(Nc2cc([C@H]3CC[C@@](C)(O)CC3)c(C)cc2C=N)cc(N2CC3CC2CN3C2COC2)n1. The summed E-state index contributed by atoms with van der Waals surface area (Å²) >= 11 is 0. The van der Waals surface area contributed by atoms with Gasteiger partial charge in [0.1, 0.15) is 17.5 Å². The molecule has 1 saturated carbocycles. The fraction of sp³-hybridized carbons (Fsp3) is 0.607. The molecule has 192 valence electrons. The zero-order valence-corrected chi connectivity index (χ0v) is 21.6. The average Bonchev–Trinajstić information content (AvgIpc) is 3.40. The normalized spacial score (nSPS) is 30.4. The summed E-state index contributed by atoms with van der Waals surface area (Å²) in [6.45, 7) is 9.86. The largest absolute Gasteiger partial charge is 0.390 e. The van der Waals surface area contributed by atoms with E-state index >= 15 is 0 Å². The van der Waals surface area contributed by atoms with Crippen molar-refractivity contribution in [1.82, 2.24) is 14.9 Å². The van der Waals surface area contributed by atoms with E-state index in [9.17, 15) is 5.11 Å². The van der Waals surface area contributed by atoms with Crippen LogP contribution < -0.4 is 10.2 Å². The van der Waals surface area contributed by atoms with Crippen LogP contribution in [0.2, 0.25) is 0 Å². The molecule has 0 amide bonds. The van der Waals surface area contributed by atoms with Crippen LogP contribution in [-0.2, 0) is 4.74 Å². The van der Waals surface area contributed by atoms with Crippen LogP contribution >= 0.6 is 0 Å². The van der Waals surface area contributed by atoms with Gasteiger partial charge in [-0.05, 0) is 82.1 Å². The topological polar surface area (TPSA) is 97.6 Å². The van der Waals surface area contributed by atoms with Gasteiger partial charge in [0.15, 0.2) is 0 Å². The lowest BCUT2D eigenvalue weighted by atomic mass is 9.76. The van der Waals surface area contributed by atoms with Crippen LogP contribution in [0.4, 0.5) is 17.3 Å². The summed E-state index contributed by atoms with van der Waals surface area (Å²) in [5, 5.41) is 22.0. The van der Waals surface area contributed by atoms with Gasteiger partial charge in [0.25, 0.3) is 0 Å². The first-order chi connectivity index (χ1) is 17.3. The minimum absolute atomic E-state index is 0.428. The summed E-state index contributed by atoms with van der Waals surface area (Å²) in [5.74, 6) is 2.94. The van der Waals surface area contributed by atoms with Gasteiger partial charge in [-0.15, -0.1) is 0 Å². The van der Waals surface area contributed by atoms with Gasteiger partial charge in [0, 0.05) is 48.7 Å². The van der Waals surface area contributed by atoms with Crippen molar-refractivity contribution in [2.75, 3.05) is 36.5 Å². The van der Waals surface area contributed by atoms with Crippen molar-refractivity contribution < 1.29 is 9.84 Å². The Labute approximate surface area is 213 Å². The van der Waals surface area contributed by atoms with E-state index in [1.165, 1.54) is 23.8 Å². The summed E-state index contributed by atoms with van der Waals surface area (Å²) in [7, 11) is 0. The number of anilines is 3. The molecule has 4 fully saturated rings. The summed E-state index contributed by atoms with van der Waals surface area (Å²) < 4.78 is 5.43. The molecule has 2 bridgehead atoms. The molecular weight excluding hydrogens is 452 g/mol. The zero-order valence-electron chi connectivity index (χ0n) is 21.6. The second-order valence-electron chi connectivity index (χ2n) is 11.6. The second kappa shape index (κ2) is 9.08. The van der Waals surface area contributed by atoms with Crippen molar-refractivity contribution >= 4 is 23.5 Å². The standard InChI is InChI=1S/C28H38N6O2/c1-17-8-20(12-29)25(10-24(17)19-4-6-28(3,35)7-5-19)32-26-11-27(31-18(2)30-26)34-14-21-9-22(34)13-33(21)23-15-36-16-23/h8,10-12,19,21-23,29,35H,4-7,9,13-16H2,1-3H3,(H,30,31,32)/t19-,21?,22?,28+. The molecule has 1 aliphatic carbocycles. The highest BCUT2D eigenvalue weighted by molar-refractivity contribution is 5.88. The number of rotatable bonds is 6. The Balaban J connectivity index is 1.23. The average molecular weight is 491 g/mol. The molecule has 3 saturated heterocycles. The molecule has 0 spiro atoms. The van der Waals surface area contributed by atoms with Crippen molar-refractivity contribution in [3.63, 3.8) is 0 Å². The number of ether oxygens (including phenoxy) is 1. The third kappa shape index (κ3) is 4.40. The Morgan fingerprint density at radius 1 is 1.08 bits per heavy atom. The molecule has 2 atom stereocenters. The molecule has 1 aromatic heterocycles. The maximum absolute atomic E-state index is 10.4. The Hall–Kier alpha value is -2.55. The zero-order chi connectivity index (χ0) is 25.0. The van der Waals surface area contributed by atoms with Gasteiger partial charge in [-0.3, -0.25) is 4.90 Å². The van der Waals surface area contributed by atoms with Crippen LogP contribution in [0, 0.1) is 19.3 Å². The fourth-order valence-electron chi connectivity index (χ4n) is 6.71. The number of nitrogens with one attached hydrogen (secondary N) is 2. The first kappa shape index (κ1) is 23.8. The first-order valence-corrected chi connectivity index (χ1v) is 13.4. The van der Waals surface area contributed by atoms with E-state index in [2.05, 4.69) is 40.2 Å². The number of benzene rings is 1. The molecule has 8 nitrogen and oxygen atoms in total. The van der Waals surface area contributed by atoms with Crippen LogP contribution in [0.1, 0.15) is 67.5 Å². The summed E-state index contributed by atoms with van der Waals surface area (Å²) in [4.78, 5) is 14.6. The molecule has 4 heterocycles. The molecule has 3 N–H and O–H groups in total. The Bertz CT molecular complexity index is 1150. The highest BCUT2D eigenvalue weighted by Crippen LogP contribution is 2.41. The minimum Gasteiger partial charge on any atom is -0.390 e. The predicted molar refractivity (Wildman–Crippen MR) is 142 cm³/mol. The Kier molecular flexibility index (Phi) is 6.01. The number of likely N-dealkylation sites (tertiary alicyclic amines) is 1. The fourth-order valence-corrected chi connectivity index (χ4v) is 6.71. The molecule has 6 rings (SSSR count). The number of aryl methyl sites for hydroxylation is 2. The smallest absolute Gasteiger partial charge is 0.136 e. The van der Waals surface area contributed by atoms with Crippen LogP contribution in [0.5, 0.6) is 0 Å². The number of fused-ring (bicyclic) bond motifs is 2. The van der Waals surface area contributed by atoms with Crippen LogP contribution in [0.25, 0.3) is 0 Å². The Morgan fingerprint density at radius 2 is 1.86 bits per heavy atom.